The lowest BCUT2D eigenvalue weighted by atomic mass is 10.1. The molecule has 2 rings (SSSR count). The highest BCUT2D eigenvalue weighted by atomic mass is 16.5. The molecule has 1 saturated carbocycles. The summed E-state index contributed by atoms with van der Waals surface area (Å²) in [5.41, 5.74) is 1.17. The largest absolute Gasteiger partial charge is 0.466 e. The van der Waals surface area contributed by atoms with Gasteiger partial charge in [-0.2, -0.15) is 0 Å². The summed E-state index contributed by atoms with van der Waals surface area (Å²) in [6.07, 6.45) is 2.69. The molecular weight excluding hydrogens is 228 g/mol. The highest BCUT2D eigenvalue weighted by Gasteiger charge is 2.45. The monoisotopic (exact) mass is 248 g/mol. The van der Waals surface area contributed by atoms with Crippen molar-refractivity contribution in [2.75, 3.05) is 11.9 Å². The predicted octanol–water partition coefficient (Wildman–Crippen LogP) is 2.57. The quantitative estimate of drug-likeness (QED) is 0.814. The average molecular weight is 248 g/mol. The number of ether oxygens (including phenoxy) is 1. The van der Waals surface area contributed by atoms with E-state index in [1.165, 1.54) is 5.56 Å². The van der Waals surface area contributed by atoms with Crippen molar-refractivity contribution in [3.63, 3.8) is 0 Å². The van der Waals surface area contributed by atoms with Gasteiger partial charge >= 0.3 is 5.97 Å². The summed E-state index contributed by atoms with van der Waals surface area (Å²) >= 11 is 0. The van der Waals surface area contributed by atoms with Gasteiger partial charge < -0.3 is 10.1 Å². The maximum atomic E-state index is 11.6. The van der Waals surface area contributed by atoms with Crippen LogP contribution in [-0.2, 0) is 9.53 Å². The van der Waals surface area contributed by atoms with E-state index in [0.29, 0.717) is 18.6 Å². The zero-order valence-electron chi connectivity index (χ0n) is 11.1. The highest BCUT2D eigenvalue weighted by Crippen LogP contribution is 2.48. The lowest BCUT2D eigenvalue weighted by Gasteiger charge is -2.10. The third-order valence-corrected chi connectivity index (χ3v) is 3.03. The molecule has 0 aromatic carbocycles. The van der Waals surface area contributed by atoms with Crippen molar-refractivity contribution < 1.29 is 9.53 Å². The number of rotatable bonds is 5. The predicted molar refractivity (Wildman–Crippen MR) is 70.5 cm³/mol. The summed E-state index contributed by atoms with van der Waals surface area (Å²) in [7, 11) is 0. The Balaban J connectivity index is 2.01. The van der Waals surface area contributed by atoms with E-state index in [1.807, 2.05) is 19.1 Å². The smallest absolute Gasteiger partial charge is 0.309 e. The summed E-state index contributed by atoms with van der Waals surface area (Å²) in [6.45, 7) is 6.45. The Morgan fingerprint density at radius 3 is 3.06 bits per heavy atom. The van der Waals surface area contributed by atoms with Crippen molar-refractivity contribution in [1.29, 1.82) is 0 Å². The van der Waals surface area contributed by atoms with E-state index >= 15 is 0 Å². The van der Waals surface area contributed by atoms with E-state index in [-0.39, 0.29) is 11.9 Å². The molecule has 0 bridgehead atoms. The first-order valence-electron chi connectivity index (χ1n) is 6.51. The summed E-state index contributed by atoms with van der Waals surface area (Å²) in [5, 5.41) is 3.27. The van der Waals surface area contributed by atoms with Crippen LogP contribution < -0.4 is 5.32 Å². The Bertz CT molecular complexity index is 432. The molecule has 1 fully saturated rings. The third-order valence-electron chi connectivity index (χ3n) is 3.03. The highest BCUT2D eigenvalue weighted by molar-refractivity contribution is 5.77. The van der Waals surface area contributed by atoms with Gasteiger partial charge in [-0.25, -0.2) is 4.98 Å². The van der Waals surface area contributed by atoms with Gasteiger partial charge in [-0.3, -0.25) is 4.79 Å². The Morgan fingerprint density at radius 1 is 1.61 bits per heavy atom. The average Bonchev–Trinajstić information content (AvgIpc) is 3.08. The Labute approximate surface area is 108 Å². The Hall–Kier alpha value is -1.58. The van der Waals surface area contributed by atoms with Crippen LogP contribution in [0.2, 0.25) is 0 Å². The summed E-state index contributed by atoms with van der Waals surface area (Å²) in [5.74, 6) is 1.15. The zero-order chi connectivity index (χ0) is 13.1. The van der Waals surface area contributed by atoms with Crippen LogP contribution in [0.25, 0.3) is 0 Å². The van der Waals surface area contributed by atoms with E-state index in [9.17, 15) is 4.79 Å². The van der Waals surface area contributed by atoms with Crippen molar-refractivity contribution in [3.05, 3.63) is 23.9 Å². The lowest BCUT2D eigenvalue weighted by Crippen LogP contribution is -2.11. The second-order valence-corrected chi connectivity index (χ2v) is 4.97. The number of aromatic nitrogens is 1. The van der Waals surface area contributed by atoms with E-state index in [4.69, 9.17) is 4.74 Å². The molecule has 1 heterocycles. The number of nitrogens with zero attached hydrogens (tertiary/aromatic N) is 1. The van der Waals surface area contributed by atoms with E-state index in [1.54, 1.807) is 6.20 Å². The number of carbonyl (C=O) groups excluding carboxylic acids is 1. The summed E-state index contributed by atoms with van der Waals surface area (Å²) < 4.78 is 5.04. The second kappa shape index (κ2) is 5.38. The minimum Gasteiger partial charge on any atom is -0.466 e. The van der Waals surface area contributed by atoms with Crippen molar-refractivity contribution in [3.8, 4) is 0 Å². The normalized spacial score (nSPS) is 21.8. The number of nitrogens with one attached hydrogen (secondary N) is 1. The van der Waals surface area contributed by atoms with Crippen LogP contribution in [0.4, 0.5) is 5.82 Å². The van der Waals surface area contributed by atoms with E-state index in [0.717, 1.165) is 12.2 Å². The van der Waals surface area contributed by atoms with Gasteiger partial charge in [0.1, 0.15) is 5.82 Å². The second-order valence-electron chi connectivity index (χ2n) is 4.97. The molecule has 98 valence electrons. The SMILES string of the molecule is CCOC(=O)C1CC1c1ccnc(NC(C)C)c1. The topological polar surface area (TPSA) is 51.2 Å². The molecule has 2 atom stereocenters. The Kier molecular flexibility index (Phi) is 3.84. The van der Waals surface area contributed by atoms with Crippen molar-refractivity contribution in [1.82, 2.24) is 4.98 Å². The van der Waals surface area contributed by atoms with Crippen molar-refractivity contribution in [2.45, 2.75) is 39.2 Å². The zero-order valence-corrected chi connectivity index (χ0v) is 11.1. The van der Waals surface area contributed by atoms with Gasteiger partial charge in [-0.1, -0.05) is 0 Å². The fraction of sp³-hybridized carbons (Fsp3) is 0.571. The van der Waals surface area contributed by atoms with Crippen LogP contribution in [0.3, 0.4) is 0 Å². The molecule has 1 N–H and O–H groups in total. The van der Waals surface area contributed by atoms with Gasteiger partial charge in [-0.05, 0) is 50.8 Å². The molecule has 0 aliphatic heterocycles. The molecule has 1 aromatic rings. The van der Waals surface area contributed by atoms with Gasteiger partial charge in [0.2, 0.25) is 0 Å². The first kappa shape index (κ1) is 12.9. The van der Waals surface area contributed by atoms with Gasteiger partial charge in [0.05, 0.1) is 12.5 Å². The fourth-order valence-electron chi connectivity index (χ4n) is 2.13. The van der Waals surface area contributed by atoms with Crippen molar-refractivity contribution >= 4 is 11.8 Å². The molecular formula is C14H20N2O2. The van der Waals surface area contributed by atoms with Crippen LogP contribution in [0, 0.1) is 5.92 Å². The van der Waals surface area contributed by atoms with Crippen LogP contribution in [-0.4, -0.2) is 23.6 Å². The molecule has 4 heteroatoms. The number of anilines is 1. The van der Waals surface area contributed by atoms with Gasteiger partial charge in [-0.15, -0.1) is 0 Å². The molecule has 0 radical (unpaired) electrons. The molecule has 0 amide bonds. The standard InChI is InChI=1S/C14H20N2O2/c1-4-18-14(17)12-8-11(12)10-5-6-15-13(7-10)16-9(2)3/h5-7,9,11-12H,4,8H2,1-3H3,(H,15,16). The number of pyridine rings is 1. The summed E-state index contributed by atoms with van der Waals surface area (Å²) in [6, 6.07) is 4.37. The maximum Gasteiger partial charge on any atom is 0.309 e. The number of hydrogen-bond acceptors (Lipinski definition) is 4. The lowest BCUT2D eigenvalue weighted by molar-refractivity contribution is -0.144. The fourth-order valence-corrected chi connectivity index (χ4v) is 2.13. The van der Waals surface area contributed by atoms with Crippen molar-refractivity contribution in [2.24, 2.45) is 5.92 Å². The van der Waals surface area contributed by atoms with Crippen LogP contribution in [0.5, 0.6) is 0 Å². The molecule has 0 spiro atoms. The molecule has 4 nitrogen and oxygen atoms in total. The van der Waals surface area contributed by atoms with E-state index < -0.39 is 0 Å². The molecule has 18 heavy (non-hydrogen) atoms. The minimum absolute atomic E-state index is 0.0410. The third kappa shape index (κ3) is 3.00. The van der Waals surface area contributed by atoms with Crippen LogP contribution in [0.1, 0.15) is 38.7 Å². The first-order valence-corrected chi connectivity index (χ1v) is 6.51. The first-order chi connectivity index (χ1) is 8.61. The molecule has 1 aliphatic rings. The van der Waals surface area contributed by atoms with Gasteiger partial charge in [0, 0.05) is 12.2 Å². The van der Waals surface area contributed by atoms with Crippen LogP contribution in [0.15, 0.2) is 18.3 Å². The molecule has 1 aliphatic carbocycles. The molecule has 2 unspecified atom stereocenters. The minimum atomic E-state index is -0.0716. The maximum absolute atomic E-state index is 11.6. The Morgan fingerprint density at radius 2 is 2.39 bits per heavy atom. The molecule has 1 aromatic heterocycles. The van der Waals surface area contributed by atoms with Crippen LogP contribution >= 0.6 is 0 Å². The van der Waals surface area contributed by atoms with Gasteiger partial charge in [0.25, 0.3) is 0 Å². The number of hydrogen-bond donors (Lipinski definition) is 1. The summed E-state index contributed by atoms with van der Waals surface area (Å²) in [4.78, 5) is 15.9. The number of carbonyl (C=O) groups is 1. The molecule has 0 saturated heterocycles. The number of esters is 1. The van der Waals surface area contributed by atoms with Gasteiger partial charge in [0.15, 0.2) is 0 Å². The van der Waals surface area contributed by atoms with E-state index in [2.05, 4.69) is 24.1 Å².